The Kier molecular flexibility index (Phi) is 7.00. The molecule has 1 aliphatic heterocycles. The second-order valence-electron chi connectivity index (χ2n) is 7.21. The van der Waals surface area contributed by atoms with Gasteiger partial charge in [-0.3, -0.25) is 0 Å². The molecule has 5 nitrogen and oxygen atoms in total. The molecule has 30 heavy (non-hydrogen) atoms. The van der Waals surface area contributed by atoms with Crippen molar-refractivity contribution in [3.63, 3.8) is 0 Å². The summed E-state index contributed by atoms with van der Waals surface area (Å²) in [7, 11) is 0. The highest BCUT2D eigenvalue weighted by Gasteiger charge is 2.27. The summed E-state index contributed by atoms with van der Waals surface area (Å²) in [6.07, 6.45) is 3.48. The second-order valence-corrected chi connectivity index (χ2v) is 8.05. The molecule has 0 radical (unpaired) electrons. The van der Waals surface area contributed by atoms with Crippen LogP contribution in [0.3, 0.4) is 0 Å². The maximum absolute atomic E-state index is 13.6. The lowest BCUT2D eigenvalue weighted by molar-refractivity contribution is 0.298. The monoisotopic (exact) mass is 447 g/mol. The number of anilines is 1. The third-order valence-corrected chi connectivity index (χ3v) is 5.35. The van der Waals surface area contributed by atoms with E-state index in [1.807, 2.05) is 12.1 Å². The van der Waals surface area contributed by atoms with Gasteiger partial charge in [-0.1, -0.05) is 29.8 Å². The minimum Gasteiger partial charge on any atom is -0.398 e. The van der Waals surface area contributed by atoms with Crippen LogP contribution in [0.2, 0.25) is 5.02 Å². The number of aliphatic imine (C=N–C) groups is 1. The molecule has 2 heterocycles. The van der Waals surface area contributed by atoms with Crippen molar-refractivity contribution in [2.75, 3.05) is 24.5 Å². The highest BCUT2D eigenvalue weighted by molar-refractivity contribution is 6.33. The van der Waals surface area contributed by atoms with Crippen molar-refractivity contribution in [3.8, 4) is 0 Å². The number of rotatable bonds is 4. The molecule has 0 spiro atoms. The van der Waals surface area contributed by atoms with Crippen molar-refractivity contribution in [1.82, 2.24) is 9.88 Å². The number of pyridine rings is 1. The van der Waals surface area contributed by atoms with Crippen molar-refractivity contribution < 1.29 is 4.39 Å². The normalized spacial score (nSPS) is 18.0. The van der Waals surface area contributed by atoms with Crippen molar-refractivity contribution in [2.45, 2.75) is 19.9 Å². The standard InChI is InChI=1S/C22H24Cl2FN5/c1-14-11-17(6-7-19(14)25)20(26)12-21(28-16(3)23)30-10-9-29(13-15(30)2)22-18(24)5-4-8-27-22/h4-8,11-12,15H,3,9-10,13,26H2,1-2H3/b20-12-,28-21+/t15-/m0/s1. The molecule has 0 aliphatic carbocycles. The van der Waals surface area contributed by atoms with Gasteiger partial charge in [0.1, 0.15) is 22.6 Å². The average molecular weight is 448 g/mol. The molecule has 8 heteroatoms. The molecule has 0 amide bonds. The van der Waals surface area contributed by atoms with Gasteiger partial charge < -0.3 is 15.5 Å². The van der Waals surface area contributed by atoms with Gasteiger partial charge in [0, 0.05) is 43.6 Å². The zero-order valence-corrected chi connectivity index (χ0v) is 18.5. The minimum absolute atomic E-state index is 0.0885. The molecule has 2 aromatic rings. The third kappa shape index (κ3) is 5.12. The minimum atomic E-state index is -0.271. The van der Waals surface area contributed by atoms with E-state index in [-0.39, 0.29) is 17.0 Å². The van der Waals surface area contributed by atoms with Gasteiger partial charge in [-0.15, -0.1) is 0 Å². The lowest BCUT2D eigenvalue weighted by Crippen LogP contribution is -2.54. The lowest BCUT2D eigenvalue weighted by atomic mass is 10.1. The number of halogens is 3. The molecular formula is C22H24Cl2FN5. The Morgan fingerprint density at radius 2 is 2.13 bits per heavy atom. The zero-order valence-electron chi connectivity index (χ0n) is 16.9. The van der Waals surface area contributed by atoms with Crippen molar-refractivity contribution in [2.24, 2.45) is 10.7 Å². The first-order valence-corrected chi connectivity index (χ1v) is 10.3. The second kappa shape index (κ2) is 9.49. The van der Waals surface area contributed by atoms with Gasteiger partial charge in [-0.2, -0.15) is 0 Å². The first kappa shape index (κ1) is 22.1. The fourth-order valence-electron chi connectivity index (χ4n) is 3.45. The molecule has 1 atom stereocenters. The highest BCUT2D eigenvalue weighted by Crippen LogP contribution is 2.25. The number of amidine groups is 1. The zero-order chi connectivity index (χ0) is 21.8. The lowest BCUT2D eigenvalue weighted by Gasteiger charge is -2.41. The van der Waals surface area contributed by atoms with Crippen LogP contribution in [0.25, 0.3) is 5.70 Å². The molecule has 0 saturated carbocycles. The number of nitrogens with two attached hydrogens (primary N) is 1. The van der Waals surface area contributed by atoms with E-state index < -0.39 is 0 Å². The Labute approximate surface area is 186 Å². The van der Waals surface area contributed by atoms with Gasteiger partial charge in [0.25, 0.3) is 0 Å². The summed E-state index contributed by atoms with van der Waals surface area (Å²) in [5, 5.41) is 0.781. The molecule has 1 aromatic heterocycles. The fraction of sp³-hybridized carbons (Fsp3) is 0.273. The van der Waals surface area contributed by atoms with Gasteiger partial charge in [-0.05, 0) is 55.3 Å². The number of nitrogens with zero attached hydrogens (tertiary/aromatic N) is 4. The maximum Gasteiger partial charge on any atom is 0.147 e. The summed E-state index contributed by atoms with van der Waals surface area (Å²) in [5.74, 6) is 1.10. The van der Waals surface area contributed by atoms with E-state index in [4.69, 9.17) is 28.9 Å². The first-order valence-electron chi connectivity index (χ1n) is 9.55. The molecule has 1 aromatic carbocycles. The van der Waals surface area contributed by atoms with Crippen molar-refractivity contribution in [1.29, 1.82) is 0 Å². The van der Waals surface area contributed by atoms with E-state index >= 15 is 0 Å². The van der Waals surface area contributed by atoms with E-state index in [9.17, 15) is 4.39 Å². The smallest absolute Gasteiger partial charge is 0.147 e. The number of hydrogen-bond donors (Lipinski definition) is 1. The van der Waals surface area contributed by atoms with Crippen LogP contribution in [0, 0.1) is 12.7 Å². The van der Waals surface area contributed by atoms with Gasteiger partial charge in [0.2, 0.25) is 0 Å². The van der Waals surface area contributed by atoms with Crippen LogP contribution in [0.4, 0.5) is 10.2 Å². The molecule has 158 valence electrons. The molecule has 1 aliphatic rings. The molecule has 1 fully saturated rings. The van der Waals surface area contributed by atoms with Crippen LogP contribution in [0.1, 0.15) is 18.1 Å². The van der Waals surface area contributed by atoms with E-state index in [2.05, 4.69) is 33.3 Å². The van der Waals surface area contributed by atoms with Crippen LogP contribution >= 0.6 is 23.2 Å². The van der Waals surface area contributed by atoms with Gasteiger partial charge in [-0.25, -0.2) is 14.4 Å². The van der Waals surface area contributed by atoms with Gasteiger partial charge in [0.05, 0.1) is 5.02 Å². The Balaban J connectivity index is 1.85. The van der Waals surface area contributed by atoms with Crippen LogP contribution in [-0.2, 0) is 0 Å². The number of hydrogen-bond acceptors (Lipinski definition) is 4. The first-order chi connectivity index (χ1) is 14.3. The summed E-state index contributed by atoms with van der Waals surface area (Å²) in [4.78, 5) is 13.1. The fourth-order valence-corrected chi connectivity index (χ4v) is 3.78. The van der Waals surface area contributed by atoms with E-state index in [0.717, 1.165) is 5.82 Å². The summed E-state index contributed by atoms with van der Waals surface area (Å²) in [6, 6.07) is 8.49. The predicted octanol–water partition coefficient (Wildman–Crippen LogP) is 4.80. The molecule has 0 unspecified atom stereocenters. The van der Waals surface area contributed by atoms with E-state index in [1.165, 1.54) is 6.07 Å². The summed E-state index contributed by atoms with van der Waals surface area (Å²) < 4.78 is 13.6. The quantitative estimate of drug-likeness (QED) is 0.415. The van der Waals surface area contributed by atoms with E-state index in [0.29, 0.717) is 47.3 Å². The Morgan fingerprint density at radius 3 is 2.77 bits per heavy atom. The molecule has 3 rings (SSSR count). The van der Waals surface area contributed by atoms with Gasteiger partial charge >= 0.3 is 0 Å². The molecular weight excluding hydrogens is 424 g/mol. The third-order valence-electron chi connectivity index (χ3n) is 4.97. The molecule has 2 N–H and O–H groups in total. The Hall–Kier alpha value is -2.57. The number of aryl methyl sites for hydroxylation is 1. The SMILES string of the molecule is C=C(Cl)/N=C(\C=C(/N)c1ccc(F)c(C)c1)N1CCN(c2ncccc2Cl)C[C@@H]1C. The topological polar surface area (TPSA) is 57.8 Å². The Morgan fingerprint density at radius 1 is 1.37 bits per heavy atom. The summed E-state index contributed by atoms with van der Waals surface area (Å²) in [6.45, 7) is 9.55. The van der Waals surface area contributed by atoms with Crippen LogP contribution in [0.5, 0.6) is 0 Å². The molecule has 1 saturated heterocycles. The van der Waals surface area contributed by atoms with Crippen LogP contribution < -0.4 is 10.6 Å². The highest BCUT2D eigenvalue weighted by atomic mass is 35.5. The summed E-state index contributed by atoms with van der Waals surface area (Å²) in [5.41, 5.74) is 8.01. The number of piperazine rings is 1. The number of benzene rings is 1. The van der Waals surface area contributed by atoms with Gasteiger partial charge in [0.15, 0.2) is 0 Å². The Bertz CT molecular complexity index is 1000. The van der Waals surface area contributed by atoms with Crippen LogP contribution in [-0.4, -0.2) is 41.4 Å². The average Bonchev–Trinajstić information content (AvgIpc) is 2.69. The maximum atomic E-state index is 13.6. The van der Waals surface area contributed by atoms with E-state index in [1.54, 1.807) is 31.3 Å². The molecule has 0 bridgehead atoms. The largest absolute Gasteiger partial charge is 0.398 e. The van der Waals surface area contributed by atoms with Crippen molar-refractivity contribution >= 4 is 40.6 Å². The predicted molar refractivity (Wildman–Crippen MR) is 123 cm³/mol. The van der Waals surface area contributed by atoms with Crippen LogP contribution in [0.15, 0.2) is 59.3 Å². The number of aromatic nitrogens is 1. The van der Waals surface area contributed by atoms with Crippen molar-refractivity contribution in [3.05, 3.63) is 76.3 Å². The summed E-state index contributed by atoms with van der Waals surface area (Å²) >= 11 is 12.3.